The fourth-order valence-electron chi connectivity index (χ4n) is 3.30. The van der Waals surface area contributed by atoms with E-state index in [0.717, 1.165) is 12.1 Å². The Kier molecular flexibility index (Phi) is 5.47. The zero-order valence-corrected chi connectivity index (χ0v) is 18.0. The molecule has 0 amide bonds. The summed E-state index contributed by atoms with van der Waals surface area (Å²) in [5.74, 6) is -1.78. The molecule has 2 N–H and O–H groups in total. The number of ether oxygens (including phenoxy) is 1. The van der Waals surface area contributed by atoms with Gasteiger partial charge in [-0.3, -0.25) is 9.52 Å². The SMILES string of the molecule is CCS(=O)(=O)Nc1ccc(Oc2ccc(F)cc2F)c(-c2cn(C)c(=O)c3cc[nH]c23)c1. The monoisotopic (exact) mass is 459 g/mol. The van der Waals surface area contributed by atoms with Crippen molar-refractivity contribution in [1.29, 1.82) is 0 Å². The molecule has 2 aromatic heterocycles. The van der Waals surface area contributed by atoms with E-state index < -0.39 is 21.7 Å². The molecule has 0 spiro atoms. The van der Waals surface area contributed by atoms with E-state index in [1.165, 1.54) is 29.7 Å². The lowest BCUT2D eigenvalue weighted by Gasteiger charge is -2.16. The Morgan fingerprint density at radius 3 is 2.53 bits per heavy atom. The van der Waals surface area contributed by atoms with Crippen LogP contribution in [-0.2, 0) is 17.1 Å². The lowest BCUT2D eigenvalue weighted by atomic mass is 10.0. The molecular formula is C22H19F2N3O4S. The first-order valence-electron chi connectivity index (χ1n) is 9.63. The number of H-pyrrole nitrogens is 1. The van der Waals surface area contributed by atoms with E-state index >= 15 is 0 Å². The number of halogens is 2. The van der Waals surface area contributed by atoms with Gasteiger partial charge in [0.05, 0.1) is 16.7 Å². The maximum absolute atomic E-state index is 14.2. The average Bonchev–Trinajstić information content (AvgIpc) is 3.24. The minimum absolute atomic E-state index is 0.123. The van der Waals surface area contributed by atoms with Gasteiger partial charge in [-0.1, -0.05) is 0 Å². The van der Waals surface area contributed by atoms with Crippen molar-refractivity contribution in [3.63, 3.8) is 0 Å². The Morgan fingerprint density at radius 1 is 1.06 bits per heavy atom. The van der Waals surface area contributed by atoms with Gasteiger partial charge in [-0.05, 0) is 43.3 Å². The molecule has 0 saturated heterocycles. The van der Waals surface area contributed by atoms with Crippen molar-refractivity contribution in [2.24, 2.45) is 7.05 Å². The third kappa shape index (κ3) is 4.09. The van der Waals surface area contributed by atoms with Gasteiger partial charge in [-0.2, -0.15) is 0 Å². The van der Waals surface area contributed by atoms with E-state index in [1.807, 2.05) is 0 Å². The Hall–Kier alpha value is -3.66. The highest BCUT2D eigenvalue weighted by Crippen LogP contribution is 2.38. The highest BCUT2D eigenvalue weighted by molar-refractivity contribution is 7.92. The second-order valence-corrected chi connectivity index (χ2v) is 9.13. The quantitative estimate of drug-likeness (QED) is 0.448. The van der Waals surface area contributed by atoms with Crippen molar-refractivity contribution >= 4 is 26.6 Å². The van der Waals surface area contributed by atoms with Gasteiger partial charge in [0.2, 0.25) is 10.0 Å². The maximum Gasteiger partial charge on any atom is 0.259 e. The number of fused-ring (bicyclic) bond motifs is 1. The predicted octanol–water partition coefficient (Wildman–Crippen LogP) is 4.37. The molecule has 7 nitrogen and oxygen atoms in total. The summed E-state index contributed by atoms with van der Waals surface area (Å²) in [5, 5.41) is 0.420. The molecule has 0 fully saturated rings. The Balaban J connectivity index is 1.93. The minimum atomic E-state index is -3.56. The molecule has 0 aliphatic carbocycles. The second kappa shape index (κ2) is 8.12. The van der Waals surface area contributed by atoms with Crippen LogP contribution < -0.4 is 15.0 Å². The van der Waals surface area contributed by atoms with E-state index in [2.05, 4.69) is 9.71 Å². The van der Waals surface area contributed by atoms with Crippen LogP contribution in [0.1, 0.15) is 6.92 Å². The lowest BCUT2D eigenvalue weighted by molar-refractivity contribution is 0.439. The first kappa shape index (κ1) is 21.6. The van der Waals surface area contributed by atoms with Gasteiger partial charge >= 0.3 is 0 Å². The van der Waals surface area contributed by atoms with Crippen LogP contribution in [0.25, 0.3) is 22.0 Å². The van der Waals surface area contributed by atoms with Crippen LogP contribution in [0.3, 0.4) is 0 Å². The average molecular weight is 459 g/mol. The lowest BCUT2D eigenvalue weighted by Crippen LogP contribution is -2.16. The molecule has 0 unspecified atom stereocenters. The summed E-state index contributed by atoms with van der Waals surface area (Å²) in [5.41, 5.74) is 1.48. The molecule has 4 rings (SSSR count). The molecule has 0 radical (unpaired) electrons. The Morgan fingerprint density at radius 2 is 1.81 bits per heavy atom. The number of aromatic nitrogens is 2. The number of sulfonamides is 1. The molecule has 0 aliphatic rings. The fraction of sp³-hybridized carbons (Fsp3) is 0.136. The van der Waals surface area contributed by atoms with Crippen LogP contribution in [0.2, 0.25) is 0 Å². The summed E-state index contributed by atoms with van der Waals surface area (Å²) < 4.78 is 61.2. The third-order valence-electron chi connectivity index (χ3n) is 4.93. The number of hydrogen-bond acceptors (Lipinski definition) is 4. The molecule has 2 heterocycles. The molecule has 0 aliphatic heterocycles. The molecule has 2 aromatic carbocycles. The second-order valence-electron chi connectivity index (χ2n) is 7.12. The predicted molar refractivity (Wildman–Crippen MR) is 118 cm³/mol. The molecule has 0 bridgehead atoms. The summed E-state index contributed by atoms with van der Waals surface area (Å²) in [4.78, 5) is 15.5. The van der Waals surface area contributed by atoms with Crippen LogP contribution in [-0.4, -0.2) is 23.7 Å². The van der Waals surface area contributed by atoms with E-state index in [4.69, 9.17) is 4.74 Å². The molecule has 0 atom stereocenters. The van der Waals surface area contributed by atoms with Crippen LogP contribution in [0.15, 0.2) is 59.7 Å². The third-order valence-corrected chi connectivity index (χ3v) is 6.23. The summed E-state index contributed by atoms with van der Waals surface area (Å²) >= 11 is 0. The first-order chi connectivity index (χ1) is 15.2. The fourth-order valence-corrected chi connectivity index (χ4v) is 3.93. The van der Waals surface area contributed by atoms with Gasteiger partial charge in [0.15, 0.2) is 11.6 Å². The number of anilines is 1. The standard InChI is InChI=1S/C22H19F2N3O4S/c1-3-32(29,30)26-14-5-7-19(31-20-6-4-13(23)10-18(20)24)16(11-14)17-12-27(2)22(28)15-8-9-25-21(15)17/h4-12,25-26H,3H2,1-2H3. The molecular weight excluding hydrogens is 440 g/mol. The van der Waals surface area contributed by atoms with Gasteiger partial charge in [0.25, 0.3) is 5.56 Å². The number of nitrogens with one attached hydrogen (secondary N) is 2. The highest BCUT2D eigenvalue weighted by Gasteiger charge is 2.18. The number of hydrogen-bond donors (Lipinski definition) is 2. The number of aryl methyl sites for hydroxylation is 1. The van der Waals surface area contributed by atoms with Gasteiger partial charge < -0.3 is 14.3 Å². The van der Waals surface area contributed by atoms with E-state index in [1.54, 1.807) is 25.5 Å². The number of benzene rings is 2. The van der Waals surface area contributed by atoms with Crippen molar-refractivity contribution in [3.8, 4) is 22.6 Å². The number of nitrogens with zero attached hydrogens (tertiary/aromatic N) is 1. The maximum atomic E-state index is 14.2. The normalized spacial score (nSPS) is 11.6. The molecule has 32 heavy (non-hydrogen) atoms. The van der Waals surface area contributed by atoms with E-state index in [-0.39, 0.29) is 28.5 Å². The van der Waals surface area contributed by atoms with Crippen LogP contribution in [0.4, 0.5) is 14.5 Å². The van der Waals surface area contributed by atoms with E-state index in [0.29, 0.717) is 28.1 Å². The van der Waals surface area contributed by atoms with Crippen molar-refractivity contribution in [2.45, 2.75) is 6.92 Å². The van der Waals surface area contributed by atoms with Crippen molar-refractivity contribution in [3.05, 3.63) is 76.8 Å². The van der Waals surface area contributed by atoms with Gasteiger partial charge in [0.1, 0.15) is 11.6 Å². The number of rotatable bonds is 6. The summed E-state index contributed by atoms with van der Waals surface area (Å²) in [6, 6.07) is 9.04. The first-order valence-corrected chi connectivity index (χ1v) is 11.3. The summed E-state index contributed by atoms with van der Waals surface area (Å²) in [6.45, 7) is 1.51. The Bertz CT molecular complexity index is 1490. The van der Waals surface area contributed by atoms with Crippen LogP contribution in [0, 0.1) is 11.6 Å². The Labute approximate surface area is 182 Å². The van der Waals surface area contributed by atoms with Crippen molar-refractivity contribution in [1.82, 2.24) is 9.55 Å². The van der Waals surface area contributed by atoms with Crippen LogP contribution >= 0.6 is 0 Å². The van der Waals surface area contributed by atoms with Crippen LogP contribution in [0.5, 0.6) is 11.5 Å². The number of pyridine rings is 1. The van der Waals surface area contributed by atoms with Gasteiger partial charge in [-0.15, -0.1) is 0 Å². The van der Waals surface area contributed by atoms with Gasteiger partial charge in [0, 0.05) is 42.3 Å². The largest absolute Gasteiger partial charge is 0.454 e. The molecule has 166 valence electrons. The van der Waals surface area contributed by atoms with Crippen molar-refractivity contribution in [2.75, 3.05) is 10.5 Å². The zero-order chi connectivity index (χ0) is 23.0. The van der Waals surface area contributed by atoms with Gasteiger partial charge in [-0.25, -0.2) is 17.2 Å². The topological polar surface area (TPSA) is 93.2 Å². The summed E-state index contributed by atoms with van der Waals surface area (Å²) in [6.07, 6.45) is 3.18. The zero-order valence-electron chi connectivity index (χ0n) is 17.1. The molecule has 4 aromatic rings. The number of aromatic amines is 1. The van der Waals surface area contributed by atoms with E-state index in [9.17, 15) is 22.0 Å². The smallest absolute Gasteiger partial charge is 0.259 e. The molecule has 0 saturated carbocycles. The molecule has 10 heteroatoms. The van der Waals surface area contributed by atoms with Crippen molar-refractivity contribution < 1.29 is 21.9 Å². The highest BCUT2D eigenvalue weighted by atomic mass is 32.2. The minimum Gasteiger partial charge on any atom is -0.454 e. The summed E-state index contributed by atoms with van der Waals surface area (Å²) in [7, 11) is -1.97.